The van der Waals surface area contributed by atoms with Crippen LogP contribution in [-0.4, -0.2) is 165 Å². The fourth-order valence-electron chi connectivity index (χ4n) is 4.73. The van der Waals surface area contributed by atoms with E-state index in [9.17, 15) is 54.8 Å². The van der Waals surface area contributed by atoms with Crippen molar-refractivity contribution in [2.24, 2.45) is 0 Å². The summed E-state index contributed by atoms with van der Waals surface area (Å²) < 4.78 is 41.9. The minimum atomic E-state index is -2.37. The first-order valence-electron chi connectivity index (χ1n) is 12.5. The Hall–Kier alpha value is -1.65. The summed E-state index contributed by atoms with van der Waals surface area (Å²) in [4.78, 5) is 23.4. The van der Waals surface area contributed by atoms with Crippen molar-refractivity contribution in [1.29, 1.82) is 0 Å². The highest BCUT2D eigenvalue weighted by Crippen LogP contribution is 2.31. The summed E-state index contributed by atoms with van der Waals surface area (Å²) in [5, 5.41) is 85.6. The van der Waals surface area contributed by atoms with Gasteiger partial charge in [-0.05, 0) is 0 Å². The van der Waals surface area contributed by atoms with Crippen LogP contribution in [0.1, 0.15) is 13.8 Å². The van der Waals surface area contributed by atoms with E-state index in [-0.39, 0.29) is 0 Å². The highest BCUT2D eigenvalue weighted by molar-refractivity contribution is 5.73. The predicted octanol–water partition coefficient (Wildman–Crippen LogP) is -6.31. The molecule has 3 aliphatic heterocycles. The molecule has 0 saturated carbocycles. The molecule has 3 heterocycles. The Bertz CT molecular complexity index is 857. The first-order chi connectivity index (χ1) is 18.8. The number of ether oxygens (including phenoxy) is 5. The van der Waals surface area contributed by atoms with Crippen molar-refractivity contribution in [1.82, 2.24) is 10.6 Å². The van der Waals surface area contributed by atoms with Crippen molar-refractivity contribution < 1.29 is 78.5 Å². The molecule has 3 aliphatic rings. The molecule has 232 valence electrons. The summed E-state index contributed by atoms with van der Waals surface area (Å²) in [6.45, 7) is 0.0503. The molecule has 0 spiro atoms. The number of aliphatic hydroxyl groups is 8. The van der Waals surface area contributed by atoms with E-state index in [0.717, 1.165) is 13.8 Å². The van der Waals surface area contributed by atoms with Crippen molar-refractivity contribution >= 4 is 11.8 Å². The molecule has 3 saturated heterocycles. The monoisotopic (exact) mass is 588 g/mol. The van der Waals surface area contributed by atoms with Gasteiger partial charge in [0, 0.05) is 13.8 Å². The molecule has 15 atom stereocenters. The van der Waals surface area contributed by atoms with Gasteiger partial charge in [-0.1, -0.05) is 0 Å². The second-order valence-electron chi connectivity index (χ2n) is 9.80. The Balaban J connectivity index is 1.78. The van der Waals surface area contributed by atoms with Crippen LogP contribution in [0.5, 0.6) is 0 Å². The Morgan fingerprint density at radius 1 is 0.725 bits per heavy atom. The minimum absolute atomic E-state index is 0.617. The third-order valence-electron chi connectivity index (χ3n) is 6.84. The zero-order valence-electron chi connectivity index (χ0n) is 21.6. The van der Waals surface area contributed by atoms with Gasteiger partial charge in [0.05, 0.1) is 19.8 Å². The van der Waals surface area contributed by atoms with Crippen LogP contribution in [-0.2, 0) is 33.3 Å². The second-order valence-corrected chi connectivity index (χ2v) is 9.80. The summed E-state index contributed by atoms with van der Waals surface area (Å²) in [6, 6.07) is -2.82. The van der Waals surface area contributed by atoms with Crippen LogP contribution in [0.4, 0.5) is 4.39 Å². The molecule has 0 radical (unpaired) electrons. The van der Waals surface area contributed by atoms with Crippen molar-refractivity contribution in [3.63, 3.8) is 0 Å². The highest BCUT2D eigenvalue weighted by atomic mass is 19.1. The van der Waals surface area contributed by atoms with E-state index in [1.54, 1.807) is 0 Å². The number of halogens is 1. The third-order valence-corrected chi connectivity index (χ3v) is 6.84. The lowest BCUT2D eigenvalue weighted by molar-refractivity contribution is -0.338. The van der Waals surface area contributed by atoms with Crippen LogP contribution < -0.4 is 10.6 Å². The van der Waals surface area contributed by atoms with Crippen LogP contribution in [0.15, 0.2) is 0 Å². The molecule has 10 N–H and O–H groups in total. The molecule has 40 heavy (non-hydrogen) atoms. The molecule has 17 nitrogen and oxygen atoms in total. The smallest absolute Gasteiger partial charge is 0.217 e. The summed E-state index contributed by atoms with van der Waals surface area (Å²) in [5.74, 6) is -1.31. The SMILES string of the molecule is CC(=O)N[C@@H]1[C@@H](O[C@@H]2O[C@H](CO)[C@H](O)[C@H](O)[C@H]2F)[C@@H](O)[C@@H](CO[C@@H]2O[C@H](CO)[C@@H](O)[C@H](O)[C@H]2NC(C)=O)O[C@@H]1O. The van der Waals surface area contributed by atoms with Gasteiger partial charge in [0.1, 0.15) is 67.0 Å². The van der Waals surface area contributed by atoms with E-state index < -0.39 is 124 Å². The van der Waals surface area contributed by atoms with Gasteiger partial charge < -0.3 is 75.2 Å². The molecule has 18 heteroatoms. The lowest BCUT2D eigenvalue weighted by atomic mass is 9.95. The minimum Gasteiger partial charge on any atom is -0.394 e. The van der Waals surface area contributed by atoms with Crippen molar-refractivity contribution in [3.8, 4) is 0 Å². The summed E-state index contributed by atoms with van der Waals surface area (Å²) in [6.07, 6.45) is -22.4. The number of amides is 2. The molecule has 2 amide bonds. The number of nitrogens with one attached hydrogen (secondary N) is 2. The summed E-state index contributed by atoms with van der Waals surface area (Å²) in [7, 11) is 0. The van der Waals surface area contributed by atoms with Gasteiger partial charge in [-0.25, -0.2) is 4.39 Å². The standard InChI is InChI=1S/C22H37FN2O15/c1-6(28)24-12-18(34)15(31)9(4-27)39-22(12)36-5-10-16(32)19(13(20(35)37-10)25-7(2)29)40-21-11(23)17(33)14(30)8(3-26)38-21/h8-22,26-27,30-35H,3-5H2,1-2H3,(H,24,28)(H,25,29)/t8-,9-,10-,11-,12-,13-,14+,15-,16+,17-,18-,19-,20+,21+,22-/m1/s1. The van der Waals surface area contributed by atoms with Crippen molar-refractivity contribution in [2.45, 2.75) is 106 Å². The fraction of sp³-hybridized carbons (Fsp3) is 0.909. The number of carbonyl (C=O) groups is 2. The molecular formula is C22H37FN2O15. The molecular weight excluding hydrogens is 551 g/mol. The average molecular weight is 589 g/mol. The number of alkyl halides is 1. The summed E-state index contributed by atoms with van der Waals surface area (Å²) >= 11 is 0. The van der Waals surface area contributed by atoms with E-state index in [1.165, 1.54) is 0 Å². The first kappa shape index (κ1) is 32.9. The Kier molecular flexibility index (Phi) is 11.5. The highest BCUT2D eigenvalue weighted by Gasteiger charge is 2.52. The normalized spacial score (nSPS) is 46.0. The lowest BCUT2D eigenvalue weighted by Crippen LogP contribution is -2.68. The van der Waals surface area contributed by atoms with Gasteiger partial charge in [0.25, 0.3) is 0 Å². The van der Waals surface area contributed by atoms with E-state index in [4.69, 9.17) is 23.7 Å². The zero-order chi connectivity index (χ0) is 29.9. The van der Waals surface area contributed by atoms with Gasteiger partial charge in [0.2, 0.25) is 11.8 Å². The van der Waals surface area contributed by atoms with Gasteiger partial charge in [-0.15, -0.1) is 0 Å². The largest absolute Gasteiger partial charge is 0.394 e. The van der Waals surface area contributed by atoms with Crippen LogP contribution in [0, 0.1) is 0 Å². The molecule has 0 bridgehead atoms. The first-order valence-corrected chi connectivity index (χ1v) is 12.5. The van der Waals surface area contributed by atoms with Crippen LogP contribution in [0.2, 0.25) is 0 Å². The molecule has 0 aromatic heterocycles. The van der Waals surface area contributed by atoms with E-state index >= 15 is 0 Å². The van der Waals surface area contributed by atoms with Crippen LogP contribution in [0.3, 0.4) is 0 Å². The number of hydrogen-bond donors (Lipinski definition) is 10. The number of carbonyl (C=O) groups excluding carboxylic acids is 2. The van der Waals surface area contributed by atoms with Crippen LogP contribution >= 0.6 is 0 Å². The molecule has 0 aliphatic carbocycles. The predicted molar refractivity (Wildman–Crippen MR) is 123 cm³/mol. The Morgan fingerprint density at radius 2 is 1.25 bits per heavy atom. The van der Waals surface area contributed by atoms with E-state index in [0.29, 0.717) is 0 Å². The number of hydrogen-bond acceptors (Lipinski definition) is 15. The van der Waals surface area contributed by atoms with E-state index in [1.807, 2.05) is 0 Å². The van der Waals surface area contributed by atoms with Crippen molar-refractivity contribution in [2.75, 3.05) is 19.8 Å². The molecule has 0 unspecified atom stereocenters. The van der Waals surface area contributed by atoms with Gasteiger partial charge in [-0.2, -0.15) is 0 Å². The molecule has 3 fully saturated rings. The molecule has 0 aromatic carbocycles. The quantitative estimate of drug-likeness (QED) is 0.120. The molecule has 0 aromatic rings. The van der Waals surface area contributed by atoms with Gasteiger partial charge in [-0.3, -0.25) is 9.59 Å². The second kappa shape index (κ2) is 14.0. The molecule has 3 rings (SSSR count). The number of rotatable bonds is 9. The van der Waals surface area contributed by atoms with Crippen molar-refractivity contribution in [3.05, 3.63) is 0 Å². The number of aliphatic hydroxyl groups excluding tert-OH is 8. The Morgan fingerprint density at radius 3 is 1.80 bits per heavy atom. The van der Waals surface area contributed by atoms with E-state index in [2.05, 4.69) is 10.6 Å². The Labute approximate surface area is 227 Å². The summed E-state index contributed by atoms with van der Waals surface area (Å²) in [5.41, 5.74) is 0. The maximum absolute atomic E-state index is 14.8. The zero-order valence-corrected chi connectivity index (χ0v) is 21.6. The fourth-order valence-corrected chi connectivity index (χ4v) is 4.73. The average Bonchev–Trinajstić information content (AvgIpc) is 2.90. The maximum atomic E-state index is 14.8. The lowest BCUT2D eigenvalue weighted by Gasteiger charge is -2.47. The topological polar surface area (TPSA) is 266 Å². The third kappa shape index (κ3) is 7.21. The van der Waals surface area contributed by atoms with Gasteiger partial charge >= 0.3 is 0 Å². The van der Waals surface area contributed by atoms with Crippen LogP contribution in [0.25, 0.3) is 0 Å². The van der Waals surface area contributed by atoms with Gasteiger partial charge in [0.15, 0.2) is 25.0 Å². The maximum Gasteiger partial charge on any atom is 0.217 e.